The van der Waals surface area contributed by atoms with Crippen LogP contribution in [-0.2, 0) is 9.59 Å². The minimum Gasteiger partial charge on any atom is -0.348 e. The van der Waals surface area contributed by atoms with Crippen molar-refractivity contribution in [1.29, 1.82) is 0 Å². The quantitative estimate of drug-likeness (QED) is 0.788. The van der Waals surface area contributed by atoms with Crippen molar-refractivity contribution < 1.29 is 14.0 Å². The van der Waals surface area contributed by atoms with Gasteiger partial charge >= 0.3 is 0 Å². The molecule has 2 aliphatic rings. The number of carbonyl (C=O) groups excluding carboxylic acids is 2. The number of hydrogen-bond acceptors (Lipinski definition) is 4. The number of amides is 2. The van der Waals surface area contributed by atoms with Gasteiger partial charge in [0.15, 0.2) is 0 Å². The molecule has 2 aliphatic heterocycles. The zero-order chi connectivity index (χ0) is 20.8. The zero-order valence-electron chi connectivity index (χ0n) is 17.6. The van der Waals surface area contributed by atoms with Crippen LogP contribution in [0.15, 0.2) is 24.3 Å². The minimum atomic E-state index is -0.280. The van der Waals surface area contributed by atoms with E-state index in [9.17, 15) is 14.0 Å². The van der Waals surface area contributed by atoms with Crippen LogP contribution < -0.4 is 5.32 Å². The molecule has 0 unspecified atom stereocenters. The summed E-state index contributed by atoms with van der Waals surface area (Å²) >= 11 is 0. The van der Waals surface area contributed by atoms with E-state index >= 15 is 0 Å². The molecule has 1 aromatic carbocycles. The summed E-state index contributed by atoms with van der Waals surface area (Å²) in [6.45, 7) is 9.22. The molecular formula is C22H33FN4O2. The number of rotatable bonds is 6. The lowest BCUT2D eigenvalue weighted by Gasteiger charge is -2.38. The second kappa shape index (κ2) is 10.2. The maximum atomic E-state index is 13.1. The summed E-state index contributed by atoms with van der Waals surface area (Å²) in [7, 11) is 0. The maximum absolute atomic E-state index is 13.1. The Kier molecular flexibility index (Phi) is 7.61. The van der Waals surface area contributed by atoms with Crippen LogP contribution in [0.3, 0.4) is 0 Å². The average molecular weight is 405 g/mol. The van der Waals surface area contributed by atoms with Crippen LogP contribution in [0.4, 0.5) is 4.39 Å². The molecule has 0 aliphatic carbocycles. The van der Waals surface area contributed by atoms with E-state index in [1.807, 2.05) is 18.7 Å². The summed E-state index contributed by atoms with van der Waals surface area (Å²) in [5.41, 5.74) is 0.882. The predicted molar refractivity (Wildman–Crippen MR) is 111 cm³/mol. The van der Waals surface area contributed by atoms with E-state index in [4.69, 9.17) is 0 Å². The van der Waals surface area contributed by atoms with Crippen LogP contribution in [0.5, 0.6) is 0 Å². The van der Waals surface area contributed by atoms with Crippen LogP contribution in [0, 0.1) is 5.82 Å². The molecule has 0 spiro atoms. The van der Waals surface area contributed by atoms with Gasteiger partial charge in [-0.1, -0.05) is 12.1 Å². The topological polar surface area (TPSA) is 55.9 Å². The Bertz CT molecular complexity index is 683. The van der Waals surface area contributed by atoms with Gasteiger partial charge in [-0.25, -0.2) is 4.39 Å². The number of halogens is 1. The van der Waals surface area contributed by atoms with Crippen molar-refractivity contribution in [3.8, 4) is 0 Å². The van der Waals surface area contributed by atoms with E-state index in [0.29, 0.717) is 6.54 Å². The van der Waals surface area contributed by atoms with Gasteiger partial charge in [-0.05, 0) is 50.8 Å². The Morgan fingerprint density at radius 2 is 1.59 bits per heavy atom. The number of piperidine rings is 1. The summed E-state index contributed by atoms with van der Waals surface area (Å²) in [4.78, 5) is 31.5. The summed E-state index contributed by atoms with van der Waals surface area (Å²) < 4.78 is 13.1. The second-order valence-corrected chi connectivity index (χ2v) is 8.21. The fourth-order valence-electron chi connectivity index (χ4n) is 4.08. The summed E-state index contributed by atoms with van der Waals surface area (Å²) in [5, 5.41) is 3.02. The smallest absolute Gasteiger partial charge is 0.237 e. The molecule has 0 radical (unpaired) electrons. The van der Waals surface area contributed by atoms with Gasteiger partial charge in [0.1, 0.15) is 5.82 Å². The molecule has 0 saturated carbocycles. The molecule has 1 N–H and O–H groups in total. The fourth-order valence-corrected chi connectivity index (χ4v) is 4.08. The van der Waals surface area contributed by atoms with Gasteiger partial charge in [-0.3, -0.25) is 19.4 Å². The first-order valence-corrected chi connectivity index (χ1v) is 10.7. The van der Waals surface area contributed by atoms with Crippen molar-refractivity contribution in [2.75, 3.05) is 45.8 Å². The number of likely N-dealkylation sites (tertiary alicyclic amines) is 1. The van der Waals surface area contributed by atoms with Crippen LogP contribution in [0.2, 0.25) is 0 Å². The molecule has 2 atom stereocenters. The Balaban J connectivity index is 1.42. The van der Waals surface area contributed by atoms with Crippen molar-refractivity contribution >= 4 is 11.8 Å². The van der Waals surface area contributed by atoms with E-state index < -0.39 is 0 Å². The highest BCUT2D eigenvalue weighted by Crippen LogP contribution is 2.15. The highest BCUT2D eigenvalue weighted by atomic mass is 19.1. The first-order chi connectivity index (χ1) is 13.9. The van der Waals surface area contributed by atoms with Crippen LogP contribution in [-0.4, -0.2) is 78.4 Å². The number of hydrogen-bond donors (Lipinski definition) is 1. The fraction of sp³-hybridized carbons (Fsp3) is 0.636. The van der Waals surface area contributed by atoms with Gasteiger partial charge < -0.3 is 10.2 Å². The predicted octanol–water partition coefficient (Wildman–Crippen LogP) is 2.02. The molecule has 0 bridgehead atoms. The third kappa shape index (κ3) is 6.00. The second-order valence-electron chi connectivity index (χ2n) is 8.21. The van der Waals surface area contributed by atoms with Gasteiger partial charge in [-0.15, -0.1) is 0 Å². The molecule has 29 heavy (non-hydrogen) atoms. The van der Waals surface area contributed by atoms with Gasteiger partial charge in [0, 0.05) is 39.3 Å². The van der Waals surface area contributed by atoms with Gasteiger partial charge in [0.05, 0.1) is 18.6 Å². The molecule has 2 fully saturated rings. The Morgan fingerprint density at radius 3 is 2.21 bits per heavy atom. The summed E-state index contributed by atoms with van der Waals surface area (Å²) in [5.74, 6) is -0.0750. The van der Waals surface area contributed by atoms with Crippen LogP contribution in [0.25, 0.3) is 0 Å². The molecule has 2 saturated heterocycles. The third-order valence-corrected chi connectivity index (χ3v) is 6.13. The van der Waals surface area contributed by atoms with E-state index in [-0.39, 0.29) is 29.7 Å². The Morgan fingerprint density at radius 1 is 0.966 bits per heavy atom. The monoisotopic (exact) mass is 404 g/mol. The van der Waals surface area contributed by atoms with E-state index in [2.05, 4.69) is 15.1 Å². The maximum Gasteiger partial charge on any atom is 0.237 e. The minimum absolute atomic E-state index is 0.0281. The van der Waals surface area contributed by atoms with Gasteiger partial charge in [0.25, 0.3) is 0 Å². The molecule has 160 valence electrons. The third-order valence-electron chi connectivity index (χ3n) is 6.13. The molecule has 7 heteroatoms. The lowest BCUT2D eigenvalue weighted by molar-refractivity contribution is -0.134. The van der Waals surface area contributed by atoms with Crippen molar-refractivity contribution in [1.82, 2.24) is 20.0 Å². The normalized spacial score (nSPS) is 20.9. The molecule has 2 heterocycles. The zero-order valence-corrected chi connectivity index (χ0v) is 17.6. The van der Waals surface area contributed by atoms with Crippen LogP contribution in [0.1, 0.15) is 44.7 Å². The number of piperazine rings is 1. The number of benzene rings is 1. The van der Waals surface area contributed by atoms with E-state index in [0.717, 1.165) is 57.7 Å². The Labute approximate surface area is 173 Å². The summed E-state index contributed by atoms with van der Waals surface area (Å²) in [6.07, 6.45) is 3.45. The van der Waals surface area contributed by atoms with Crippen LogP contribution >= 0.6 is 0 Å². The van der Waals surface area contributed by atoms with E-state index in [1.54, 1.807) is 12.1 Å². The molecule has 1 aromatic rings. The average Bonchev–Trinajstić information content (AvgIpc) is 2.74. The lowest BCUT2D eigenvalue weighted by atomic mass is 10.1. The number of nitrogens with zero attached hydrogens (tertiary/aromatic N) is 3. The highest BCUT2D eigenvalue weighted by molar-refractivity contribution is 5.81. The van der Waals surface area contributed by atoms with Gasteiger partial charge in [-0.2, -0.15) is 0 Å². The molecular weight excluding hydrogens is 371 g/mol. The first kappa shape index (κ1) is 21.7. The summed E-state index contributed by atoms with van der Waals surface area (Å²) in [6, 6.07) is 5.80. The van der Waals surface area contributed by atoms with Crippen molar-refractivity contribution in [3.05, 3.63) is 35.6 Å². The van der Waals surface area contributed by atoms with Crippen molar-refractivity contribution in [2.45, 2.75) is 45.2 Å². The van der Waals surface area contributed by atoms with Gasteiger partial charge in [0.2, 0.25) is 11.8 Å². The number of nitrogens with one attached hydrogen (secondary N) is 1. The Hall–Kier alpha value is -1.99. The van der Waals surface area contributed by atoms with Crippen molar-refractivity contribution in [2.24, 2.45) is 0 Å². The highest BCUT2D eigenvalue weighted by Gasteiger charge is 2.28. The SMILES string of the molecule is C[C@H](NC(=O)[C@@H](C)N1CCN(CC(=O)N2CCCCC2)CC1)c1ccc(F)cc1. The lowest BCUT2D eigenvalue weighted by Crippen LogP contribution is -2.55. The van der Waals surface area contributed by atoms with E-state index in [1.165, 1.54) is 18.6 Å². The molecule has 0 aromatic heterocycles. The largest absolute Gasteiger partial charge is 0.348 e. The molecule has 2 amide bonds. The molecule has 6 nitrogen and oxygen atoms in total. The first-order valence-electron chi connectivity index (χ1n) is 10.7. The molecule has 3 rings (SSSR count). The van der Waals surface area contributed by atoms with Crippen molar-refractivity contribution in [3.63, 3.8) is 0 Å². The standard InChI is InChI=1S/C22H33FN4O2/c1-17(19-6-8-20(23)9-7-19)24-22(29)18(2)26-14-12-25(13-15-26)16-21(28)27-10-4-3-5-11-27/h6-9,17-18H,3-5,10-16H2,1-2H3,(H,24,29)/t17-,18+/m0/s1. The number of carbonyl (C=O) groups is 2.